The molecule has 0 bridgehead atoms. The molecule has 0 saturated carbocycles. The summed E-state index contributed by atoms with van der Waals surface area (Å²) in [5.74, 6) is -0.0683. The first-order valence-corrected chi connectivity index (χ1v) is 10.7. The third-order valence-electron chi connectivity index (χ3n) is 4.90. The largest absolute Gasteiger partial charge is 0.465 e. The van der Waals surface area contributed by atoms with E-state index in [9.17, 15) is 18.0 Å². The average molecular weight is 396 g/mol. The van der Waals surface area contributed by atoms with Crippen LogP contribution in [0.15, 0.2) is 18.2 Å². The van der Waals surface area contributed by atoms with Crippen LogP contribution in [0, 0.1) is 0 Å². The number of hydrogen-bond donors (Lipinski definition) is 2. The van der Waals surface area contributed by atoms with Crippen molar-refractivity contribution in [2.24, 2.45) is 0 Å². The van der Waals surface area contributed by atoms with Crippen molar-refractivity contribution in [2.75, 3.05) is 48.6 Å². The van der Waals surface area contributed by atoms with Crippen molar-refractivity contribution >= 4 is 33.4 Å². The van der Waals surface area contributed by atoms with Crippen molar-refractivity contribution in [3.63, 3.8) is 0 Å². The van der Waals surface area contributed by atoms with Crippen molar-refractivity contribution in [2.45, 2.75) is 19.4 Å². The molecule has 2 N–H and O–H groups in total. The number of nitrogens with one attached hydrogen (secondary N) is 1. The quantitative estimate of drug-likeness (QED) is 0.773. The van der Waals surface area contributed by atoms with E-state index in [1.54, 1.807) is 17.0 Å². The summed E-state index contributed by atoms with van der Waals surface area (Å²) in [6.45, 7) is 4.00. The molecule has 0 aromatic heterocycles. The van der Waals surface area contributed by atoms with Gasteiger partial charge < -0.3 is 14.9 Å². The number of carbonyl (C=O) groups is 2. The van der Waals surface area contributed by atoms with Crippen LogP contribution >= 0.6 is 0 Å². The molecular weight excluding hydrogens is 372 g/mol. The van der Waals surface area contributed by atoms with Gasteiger partial charge in [-0.15, -0.1) is 0 Å². The number of benzene rings is 1. The average Bonchev–Trinajstić information content (AvgIpc) is 2.96. The molecule has 1 aromatic carbocycles. The second-order valence-electron chi connectivity index (χ2n) is 7.07. The van der Waals surface area contributed by atoms with Crippen molar-refractivity contribution in [1.82, 2.24) is 9.80 Å². The van der Waals surface area contributed by atoms with Gasteiger partial charge in [-0.1, -0.05) is 6.07 Å². The molecule has 0 unspecified atom stereocenters. The number of nitrogens with zero attached hydrogens (tertiary/aromatic N) is 3. The van der Waals surface area contributed by atoms with Crippen LogP contribution in [0.3, 0.4) is 0 Å². The van der Waals surface area contributed by atoms with Crippen LogP contribution in [-0.4, -0.2) is 80.3 Å². The summed E-state index contributed by atoms with van der Waals surface area (Å²) in [6.07, 6.45) is 0.873. The molecule has 1 saturated heterocycles. The second-order valence-corrected chi connectivity index (χ2v) is 8.82. The molecule has 3 rings (SSSR count). The highest BCUT2D eigenvalue weighted by Crippen LogP contribution is 2.31. The zero-order valence-electron chi connectivity index (χ0n) is 15.4. The predicted molar refractivity (Wildman–Crippen MR) is 102 cm³/mol. The minimum Gasteiger partial charge on any atom is -0.465 e. The molecule has 27 heavy (non-hydrogen) atoms. The van der Waals surface area contributed by atoms with E-state index in [1.165, 1.54) is 4.90 Å². The summed E-state index contributed by atoms with van der Waals surface area (Å²) in [7, 11) is -3.39. The molecule has 148 valence electrons. The van der Waals surface area contributed by atoms with Gasteiger partial charge in [0, 0.05) is 37.9 Å². The number of sulfonamides is 1. The van der Waals surface area contributed by atoms with Gasteiger partial charge in [0.2, 0.25) is 15.9 Å². The van der Waals surface area contributed by atoms with Gasteiger partial charge in [0.05, 0.1) is 18.5 Å². The Morgan fingerprint density at radius 3 is 2.63 bits per heavy atom. The predicted octanol–water partition coefficient (Wildman–Crippen LogP) is 0.631. The molecule has 0 aliphatic carbocycles. The van der Waals surface area contributed by atoms with Gasteiger partial charge >= 0.3 is 6.09 Å². The standard InChI is InChI=1S/C17H24N4O5S/c1-12-10-19(7-8-20(12)17(23)24)11-16(22)21-6-5-13-3-4-14(9-15(13)21)18-27(2,25)26/h3-4,9,12,18H,5-8,10-11H2,1-2H3,(H,23,24)/t12-/m1/s1. The number of carbonyl (C=O) groups excluding carboxylic acids is 1. The van der Waals surface area contributed by atoms with E-state index < -0.39 is 16.1 Å². The molecule has 1 atom stereocenters. The summed E-state index contributed by atoms with van der Waals surface area (Å²) in [5.41, 5.74) is 2.16. The van der Waals surface area contributed by atoms with Crippen molar-refractivity contribution in [1.29, 1.82) is 0 Å². The second kappa shape index (κ2) is 7.35. The lowest BCUT2D eigenvalue weighted by Crippen LogP contribution is -2.55. The molecule has 2 aliphatic rings. The van der Waals surface area contributed by atoms with Crippen LogP contribution in [0.5, 0.6) is 0 Å². The van der Waals surface area contributed by atoms with E-state index in [4.69, 9.17) is 5.11 Å². The summed E-state index contributed by atoms with van der Waals surface area (Å²) in [4.78, 5) is 29.0. The van der Waals surface area contributed by atoms with Crippen LogP contribution in [0.4, 0.5) is 16.2 Å². The molecule has 1 fully saturated rings. The van der Waals surface area contributed by atoms with E-state index in [0.29, 0.717) is 31.9 Å². The number of rotatable bonds is 4. The maximum Gasteiger partial charge on any atom is 0.407 e. The summed E-state index contributed by atoms with van der Waals surface area (Å²) < 4.78 is 25.3. The van der Waals surface area contributed by atoms with Crippen molar-refractivity contribution < 1.29 is 23.1 Å². The number of fused-ring (bicyclic) bond motifs is 1. The molecule has 1 aromatic rings. The minimum atomic E-state index is -3.39. The van der Waals surface area contributed by atoms with Crippen LogP contribution in [0.25, 0.3) is 0 Å². The van der Waals surface area contributed by atoms with Gasteiger partial charge in [-0.2, -0.15) is 0 Å². The van der Waals surface area contributed by atoms with Gasteiger partial charge in [-0.3, -0.25) is 14.4 Å². The Bertz CT molecular complexity index is 857. The van der Waals surface area contributed by atoms with E-state index in [0.717, 1.165) is 23.9 Å². The summed E-state index contributed by atoms with van der Waals surface area (Å²) in [5, 5.41) is 9.15. The fourth-order valence-corrected chi connectivity index (χ4v) is 4.21. The van der Waals surface area contributed by atoms with Crippen LogP contribution < -0.4 is 9.62 Å². The number of piperazine rings is 1. The Hall–Kier alpha value is -2.33. The lowest BCUT2D eigenvalue weighted by Gasteiger charge is -2.38. The molecule has 9 nitrogen and oxygen atoms in total. The molecule has 0 spiro atoms. The molecule has 10 heteroatoms. The van der Waals surface area contributed by atoms with Crippen LogP contribution in [-0.2, 0) is 21.2 Å². The zero-order chi connectivity index (χ0) is 19.8. The summed E-state index contributed by atoms with van der Waals surface area (Å²) >= 11 is 0. The van der Waals surface area contributed by atoms with Gasteiger partial charge in [0.1, 0.15) is 0 Å². The summed E-state index contributed by atoms with van der Waals surface area (Å²) in [6, 6.07) is 5.05. The topological polar surface area (TPSA) is 110 Å². The fourth-order valence-electron chi connectivity index (χ4n) is 3.65. The van der Waals surface area contributed by atoms with Gasteiger partial charge in [-0.05, 0) is 31.0 Å². The Balaban J connectivity index is 1.68. The van der Waals surface area contributed by atoms with Crippen molar-refractivity contribution in [3.8, 4) is 0 Å². The first-order valence-electron chi connectivity index (χ1n) is 8.77. The highest BCUT2D eigenvalue weighted by atomic mass is 32.2. The number of carboxylic acid groups (broad SMARTS) is 1. The number of hydrogen-bond acceptors (Lipinski definition) is 5. The Morgan fingerprint density at radius 1 is 1.26 bits per heavy atom. The Labute approximate surface area is 158 Å². The van der Waals surface area contributed by atoms with E-state index in [-0.39, 0.29) is 18.5 Å². The lowest BCUT2D eigenvalue weighted by atomic mass is 10.1. The Kier molecular flexibility index (Phi) is 5.29. The monoisotopic (exact) mass is 396 g/mol. The molecule has 2 amide bonds. The highest BCUT2D eigenvalue weighted by molar-refractivity contribution is 7.92. The first kappa shape index (κ1) is 19.4. The normalized spacial score (nSPS) is 20.4. The highest BCUT2D eigenvalue weighted by Gasteiger charge is 2.31. The lowest BCUT2D eigenvalue weighted by molar-refractivity contribution is -0.120. The van der Waals surface area contributed by atoms with Gasteiger partial charge in [0.25, 0.3) is 0 Å². The van der Waals surface area contributed by atoms with E-state index in [2.05, 4.69) is 4.72 Å². The number of anilines is 2. The van der Waals surface area contributed by atoms with Crippen molar-refractivity contribution in [3.05, 3.63) is 23.8 Å². The first-order chi connectivity index (χ1) is 12.6. The van der Waals surface area contributed by atoms with Gasteiger partial charge in [0.15, 0.2) is 0 Å². The minimum absolute atomic E-state index is 0.0683. The molecular formula is C17H24N4O5S. The molecule has 0 radical (unpaired) electrons. The van der Waals surface area contributed by atoms with E-state index in [1.807, 2.05) is 17.9 Å². The SMILES string of the molecule is C[C@@H]1CN(CC(=O)N2CCc3ccc(NS(C)(=O)=O)cc32)CCN1C(=O)O. The fraction of sp³-hybridized carbons (Fsp3) is 0.529. The smallest absolute Gasteiger partial charge is 0.407 e. The van der Waals surface area contributed by atoms with Gasteiger partial charge in [-0.25, -0.2) is 13.2 Å². The molecule has 2 heterocycles. The third kappa shape index (κ3) is 4.51. The molecule has 2 aliphatic heterocycles. The maximum absolute atomic E-state index is 12.8. The van der Waals surface area contributed by atoms with Crippen LogP contribution in [0.2, 0.25) is 0 Å². The van der Waals surface area contributed by atoms with Crippen LogP contribution in [0.1, 0.15) is 12.5 Å². The third-order valence-corrected chi connectivity index (χ3v) is 5.51. The number of amides is 2. The van der Waals surface area contributed by atoms with E-state index >= 15 is 0 Å². The Morgan fingerprint density at radius 2 is 2.00 bits per heavy atom. The maximum atomic E-state index is 12.8. The zero-order valence-corrected chi connectivity index (χ0v) is 16.2.